The van der Waals surface area contributed by atoms with Crippen molar-refractivity contribution in [2.45, 2.75) is 45.8 Å². The summed E-state index contributed by atoms with van der Waals surface area (Å²) in [5.41, 5.74) is 2.11. The third-order valence-corrected chi connectivity index (χ3v) is 4.79. The Labute approximate surface area is 146 Å². The monoisotopic (exact) mass is 345 g/mol. The molecule has 0 saturated carbocycles. The molecule has 0 radical (unpaired) electrons. The number of esters is 1. The van der Waals surface area contributed by atoms with Gasteiger partial charge < -0.3 is 10.1 Å². The minimum Gasteiger partial charge on any atom is -0.448 e. The number of rotatable bonds is 7. The van der Waals surface area contributed by atoms with Crippen molar-refractivity contribution >= 4 is 23.2 Å². The lowest BCUT2D eigenvalue weighted by Crippen LogP contribution is -2.41. The molecule has 0 bridgehead atoms. The Morgan fingerprint density at radius 2 is 1.88 bits per heavy atom. The molecule has 0 aliphatic carbocycles. The van der Waals surface area contributed by atoms with Gasteiger partial charge in [0.1, 0.15) is 4.88 Å². The zero-order chi connectivity index (χ0) is 17.5. The van der Waals surface area contributed by atoms with Crippen molar-refractivity contribution in [1.29, 1.82) is 0 Å². The molecule has 0 aliphatic rings. The first-order valence-electron chi connectivity index (χ1n) is 8.06. The van der Waals surface area contributed by atoms with Crippen molar-refractivity contribution in [2.24, 2.45) is 0 Å². The molecule has 0 fully saturated rings. The lowest BCUT2D eigenvalue weighted by Gasteiger charge is -2.18. The average Bonchev–Trinajstić information content (AvgIpc) is 3.00. The van der Waals surface area contributed by atoms with Crippen molar-refractivity contribution in [3.8, 4) is 0 Å². The molecule has 0 unspecified atom stereocenters. The van der Waals surface area contributed by atoms with Gasteiger partial charge in [-0.1, -0.05) is 30.3 Å². The highest BCUT2D eigenvalue weighted by Crippen LogP contribution is 2.17. The van der Waals surface area contributed by atoms with Gasteiger partial charge in [0.05, 0.1) is 0 Å². The molecule has 4 nitrogen and oxygen atoms in total. The molecule has 1 N–H and O–H groups in total. The number of carbonyl (C=O) groups is 2. The fraction of sp³-hybridized carbons (Fsp3) is 0.368. The van der Waals surface area contributed by atoms with E-state index in [1.165, 1.54) is 16.9 Å². The summed E-state index contributed by atoms with van der Waals surface area (Å²) < 4.78 is 5.26. The Kier molecular flexibility index (Phi) is 6.55. The van der Waals surface area contributed by atoms with Gasteiger partial charge in [-0.15, -0.1) is 11.3 Å². The van der Waals surface area contributed by atoms with E-state index in [0.717, 1.165) is 18.4 Å². The number of aryl methyl sites for hydroxylation is 2. The number of amides is 1. The molecule has 2 rings (SSSR count). The van der Waals surface area contributed by atoms with Crippen LogP contribution in [-0.2, 0) is 16.0 Å². The molecular weight excluding hydrogens is 322 g/mol. The van der Waals surface area contributed by atoms with Crippen LogP contribution in [0.4, 0.5) is 0 Å². The Morgan fingerprint density at radius 1 is 1.17 bits per heavy atom. The number of ether oxygens (including phenoxy) is 1. The van der Waals surface area contributed by atoms with Gasteiger partial charge in [0.15, 0.2) is 6.10 Å². The Morgan fingerprint density at radius 3 is 2.50 bits per heavy atom. The standard InChI is InChI=1S/C19H23NO3S/c1-13-11-12-24-17(13)19(22)23-15(3)18(21)20-14(2)9-10-16-7-5-4-6-8-16/h4-8,11-12,14-15H,9-10H2,1-3H3,(H,20,21)/t14-,15-/m0/s1. The van der Waals surface area contributed by atoms with E-state index in [-0.39, 0.29) is 11.9 Å². The molecule has 1 aromatic carbocycles. The van der Waals surface area contributed by atoms with Crippen molar-refractivity contribution in [2.75, 3.05) is 0 Å². The maximum Gasteiger partial charge on any atom is 0.349 e. The average molecular weight is 345 g/mol. The van der Waals surface area contributed by atoms with Crippen molar-refractivity contribution in [3.05, 3.63) is 57.8 Å². The molecule has 1 aromatic heterocycles. The van der Waals surface area contributed by atoms with Gasteiger partial charge in [0.25, 0.3) is 5.91 Å². The SMILES string of the molecule is Cc1ccsc1C(=O)O[C@@H](C)C(=O)N[C@@H](C)CCc1ccccc1. The number of hydrogen-bond donors (Lipinski definition) is 1. The first kappa shape index (κ1) is 18.2. The topological polar surface area (TPSA) is 55.4 Å². The summed E-state index contributed by atoms with van der Waals surface area (Å²) in [6.07, 6.45) is 0.920. The van der Waals surface area contributed by atoms with Gasteiger partial charge in [-0.2, -0.15) is 0 Å². The van der Waals surface area contributed by atoms with E-state index in [4.69, 9.17) is 4.74 Å². The maximum absolute atomic E-state index is 12.2. The third-order valence-electron chi connectivity index (χ3n) is 3.80. The second kappa shape index (κ2) is 8.64. The summed E-state index contributed by atoms with van der Waals surface area (Å²) in [4.78, 5) is 24.8. The summed E-state index contributed by atoms with van der Waals surface area (Å²) in [6.45, 7) is 5.41. The Bertz CT molecular complexity index is 681. The molecular formula is C19H23NO3S. The molecule has 0 aliphatic heterocycles. The van der Waals surface area contributed by atoms with Crippen LogP contribution in [0.25, 0.3) is 0 Å². The van der Waals surface area contributed by atoms with Crippen LogP contribution in [0, 0.1) is 6.92 Å². The summed E-state index contributed by atoms with van der Waals surface area (Å²) >= 11 is 1.32. The van der Waals surface area contributed by atoms with Crippen LogP contribution in [-0.4, -0.2) is 24.0 Å². The van der Waals surface area contributed by atoms with Gasteiger partial charge in [0, 0.05) is 6.04 Å². The second-order valence-electron chi connectivity index (χ2n) is 5.91. The van der Waals surface area contributed by atoms with E-state index < -0.39 is 12.1 Å². The normalized spacial score (nSPS) is 13.1. The van der Waals surface area contributed by atoms with Gasteiger partial charge in [-0.25, -0.2) is 4.79 Å². The van der Waals surface area contributed by atoms with Crippen molar-refractivity contribution in [1.82, 2.24) is 5.32 Å². The minimum absolute atomic E-state index is 0.0160. The largest absolute Gasteiger partial charge is 0.448 e. The van der Waals surface area contributed by atoms with Crippen LogP contribution in [0.1, 0.15) is 41.1 Å². The molecule has 1 amide bonds. The molecule has 2 aromatic rings. The van der Waals surface area contributed by atoms with Crippen molar-refractivity contribution < 1.29 is 14.3 Å². The number of nitrogens with one attached hydrogen (secondary N) is 1. The number of thiophene rings is 1. The summed E-state index contributed by atoms with van der Waals surface area (Å²) in [5, 5.41) is 4.74. The number of benzene rings is 1. The van der Waals surface area contributed by atoms with Crippen LogP contribution < -0.4 is 5.32 Å². The molecule has 128 valence electrons. The van der Waals surface area contributed by atoms with Gasteiger partial charge in [-0.05, 0) is 56.2 Å². The fourth-order valence-electron chi connectivity index (χ4n) is 2.31. The molecule has 24 heavy (non-hydrogen) atoms. The highest BCUT2D eigenvalue weighted by atomic mass is 32.1. The quantitative estimate of drug-likeness (QED) is 0.778. The third kappa shape index (κ3) is 5.20. The van der Waals surface area contributed by atoms with E-state index >= 15 is 0 Å². The molecule has 1 heterocycles. The second-order valence-corrected chi connectivity index (χ2v) is 6.83. The predicted molar refractivity (Wildman–Crippen MR) is 96.3 cm³/mol. The smallest absolute Gasteiger partial charge is 0.349 e. The Balaban J connectivity index is 1.78. The first-order chi connectivity index (χ1) is 11.5. The maximum atomic E-state index is 12.2. The summed E-state index contributed by atoms with van der Waals surface area (Å²) in [6, 6.07) is 12.0. The first-order valence-corrected chi connectivity index (χ1v) is 8.94. The zero-order valence-corrected chi connectivity index (χ0v) is 15.1. The Hall–Kier alpha value is -2.14. The van der Waals surface area contributed by atoms with E-state index in [1.54, 1.807) is 6.92 Å². The van der Waals surface area contributed by atoms with E-state index in [0.29, 0.717) is 4.88 Å². The van der Waals surface area contributed by atoms with Gasteiger partial charge in [0.2, 0.25) is 0 Å². The van der Waals surface area contributed by atoms with Crippen LogP contribution in [0.2, 0.25) is 0 Å². The zero-order valence-electron chi connectivity index (χ0n) is 14.2. The number of hydrogen-bond acceptors (Lipinski definition) is 4. The fourth-order valence-corrected chi connectivity index (χ4v) is 3.12. The van der Waals surface area contributed by atoms with Crippen LogP contribution in [0.15, 0.2) is 41.8 Å². The van der Waals surface area contributed by atoms with Gasteiger partial charge in [-0.3, -0.25) is 4.79 Å². The lowest BCUT2D eigenvalue weighted by molar-refractivity contribution is -0.129. The van der Waals surface area contributed by atoms with E-state index in [2.05, 4.69) is 17.4 Å². The molecule has 2 atom stereocenters. The highest BCUT2D eigenvalue weighted by molar-refractivity contribution is 7.12. The molecule has 0 saturated heterocycles. The number of carbonyl (C=O) groups excluding carboxylic acids is 2. The highest BCUT2D eigenvalue weighted by Gasteiger charge is 2.21. The minimum atomic E-state index is -0.807. The van der Waals surface area contributed by atoms with Crippen LogP contribution in [0.5, 0.6) is 0 Å². The van der Waals surface area contributed by atoms with Crippen molar-refractivity contribution in [3.63, 3.8) is 0 Å². The molecule has 5 heteroatoms. The summed E-state index contributed by atoms with van der Waals surface area (Å²) in [5.74, 6) is -0.708. The predicted octanol–water partition coefficient (Wildman–Crippen LogP) is 3.74. The molecule has 0 spiro atoms. The van der Waals surface area contributed by atoms with E-state index in [9.17, 15) is 9.59 Å². The van der Waals surface area contributed by atoms with Crippen LogP contribution in [0.3, 0.4) is 0 Å². The van der Waals surface area contributed by atoms with Gasteiger partial charge >= 0.3 is 5.97 Å². The van der Waals surface area contributed by atoms with E-state index in [1.807, 2.05) is 43.5 Å². The summed E-state index contributed by atoms with van der Waals surface area (Å²) in [7, 11) is 0. The lowest BCUT2D eigenvalue weighted by atomic mass is 10.1. The van der Waals surface area contributed by atoms with Crippen LogP contribution >= 0.6 is 11.3 Å².